The molecule has 0 radical (unpaired) electrons. The van der Waals surface area contributed by atoms with Crippen LogP contribution < -0.4 is 5.32 Å². The molecule has 5 heteroatoms. The molecule has 1 aliphatic rings. The summed E-state index contributed by atoms with van der Waals surface area (Å²) < 4.78 is 5.55. The molecule has 18 heavy (non-hydrogen) atoms. The SMILES string of the molecule is CCc1cnc(CNC2CCN(C(C)=O)CC2)o1. The molecule has 1 aromatic heterocycles. The van der Waals surface area contributed by atoms with Crippen LogP contribution in [0.25, 0.3) is 0 Å². The van der Waals surface area contributed by atoms with Crippen molar-refractivity contribution in [1.29, 1.82) is 0 Å². The van der Waals surface area contributed by atoms with Gasteiger partial charge >= 0.3 is 0 Å². The topological polar surface area (TPSA) is 58.4 Å². The number of carbonyl (C=O) groups is 1. The number of piperidine rings is 1. The Morgan fingerprint density at radius 3 is 2.83 bits per heavy atom. The van der Waals surface area contributed by atoms with E-state index in [0.717, 1.165) is 44.0 Å². The highest BCUT2D eigenvalue weighted by Crippen LogP contribution is 2.11. The van der Waals surface area contributed by atoms with Crippen LogP contribution in [0.15, 0.2) is 10.6 Å². The maximum atomic E-state index is 11.2. The maximum Gasteiger partial charge on any atom is 0.219 e. The lowest BCUT2D eigenvalue weighted by Crippen LogP contribution is -2.43. The normalized spacial score (nSPS) is 17.1. The van der Waals surface area contributed by atoms with Gasteiger partial charge in [-0.15, -0.1) is 0 Å². The minimum Gasteiger partial charge on any atom is -0.444 e. The van der Waals surface area contributed by atoms with Gasteiger partial charge in [0.05, 0.1) is 12.7 Å². The van der Waals surface area contributed by atoms with E-state index >= 15 is 0 Å². The van der Waals surface area contributed by atoms with Crippen molar-refractivity contribution in [1.82, 2.24) is 15.2 Å². The van der Waals surface area contributed by atoms with E-state index in [-0.39, 0.29) is 5.91 Å². The largest absolute Gasteiger partial charge is 0.444 e. The van der Waals surface area contributed by atoms with Crippen LogP contribution in [0.5, 0.6) is 0 Å². The van der Waals surface area contributed by atoms with Gasteiger partial charge in [0.1, 0.15) is 5.76 Å². The summed E-state index contributed by atoms with van der Waals surface area (Å²) in [7, 11) is 0. The van der Waals surface area contributed by atoms with Crippen LogP contribution in [0.2, 0.25) is 0 Å². The second-order valence-corrected chi connectivity index (χ2v) is 4.74. The van der Waals surface area contributed by atoms with E-state index in [0.29, 0.717) is 12.6 Å². The summed E-state index contributed by atoms with van der Waals surface area (Å²) in [5.74, 6) is 1.85. The number of nitrogens with zero attached hydrogens (tertiary/aromatic N) is 2. The Labute approximate surface area is 108 Å². The number of nitrogens with one attached hydrogen (secondary N) is 1. The molecule has 0 atom stereocenters. The minimum absolute atomic E-state index is 0.175. The molecular weight excluding hydrogens is 230 g/mol. The molecule has 1 aromatic rings. The highest BCUT2D eigenvalue weighted by Gasteiger charge is 2.20. The van der Waals surface area contributed by atoms with Crippen molar-refractivity contribution >= 4 is 5.91 Å². The second-order valence-electron chi connectivity index (χ2n) is 4.74. The molecule has 0 unspecified atom stereocenters. The van der Waals surface area contributed by atoms with Gasteiger partial charge in [0.25, 0.3) is 0 Å². The Morgan fingerprint density at radius 1 is 1.56 bits per heavy atom. The molecule has 0 aromatic carbocycles. The lowest BCUT2D eigenvalue weighted by Gasteiger charge is -2.31. The first-order chi connectivity index (χ1) is 8.69. The zero-order valence-electron chi connectivity index (χ0n) is 11.1. The van der Waals surface area contributed by atoms with E-state index in [2.05, 4.69) is 17.2 Å². The fourth-order valence-electron chi connectivity index (χ4n) is 2.22. The number of rotatable bonds is 4. The van der Waals surface area contributed by atoms with Crippen molar-refractivity contribution in [2.24, 2.45) is 0 Å². The minimum atomic E-state index is 0.175. The lowest BCUT2D eigenvalue weighted by atomic mass is 10.1. The molecule has 1 N–H and O–H groups in total. The molecule has 1 aliphatic heterocycles. The van der Waals surface area contributed by atoms with Crippen molar-refractivity contribution in [2.45, 2.75) is 45.7 Å². The number of likely N-dealkylation sites (tertiary alicyclic amines) is 1. The van der Waals surface area contributed by atoms with Crippen molar-refractivity contribution in [3.05, 3.63) is 17.8 Å². The third kappa shape index (κ3) is 3.32. The fourth-order valence-corrected chi connectivity index (χ4v) is 2.22. The van der Waals surface area contributed by atoms with Crippen LogP contribution >= 0.6 is 0 Å². The van der Waals surface area contributed by atoms with E-state index in [1.54, 1.807) is 13.1 Å². The Hall–Kier alpha value is -1.36. The number of oxazole rings is 1. The Balaban J connectivity index is 1.73. The van der Waals surface area contributed by atoms with Crippen molar-refractivity contribution in [2.75, 3.05) is 13.1 Å². The summed E-state index contributed by atoms with van der Waals surface area (Å²) in [5, 5.41) is 3.44. The number of hydrogen-bond donors (Lipinski definition) is 1. The zero-order chi connectivity index (χ0) is 13.0. The monoisotopic (exact) mass is 251 g/mol. The first kappa shape index (κ1) is 13.1. The molecule has 1 amide bonds. The number of aromatic nitrogens is 1. The summed E-state index contributed by atoms with van der Waals surface area (Å²) in [6.07, 6.45) is 4.67. The molecule has 0 spiro atoms. The molecule has 100 valence electrons. The standard InChI is InChI=1S/C13H21N3O2/c1-3-12-8-15-13(18-12)9-14-11-4-6-16(7-5-11)10(2)17/h8,11,14H,3-7,9H2,1-2H3. The van der Waals surface area contributed by atoms with Crippen LogP contribution in [0.4, 0.5) is 0 Å². The lowest BCUT2D eigenvalue weighted by molar-refractivity contribution is -0.129. The van der Waals surface area contributed by atoms with E-state index in [1.807, 2.05) is 4.90 Å². The molecule has 0 bridgehead atoms. The second kappa shape index (κ2) is 6.00. The Bertz CT molecular complexity index is 395. The molecule has 5 nitrogen and oxygen atoms in total. The van der Waals surface area contributed by atoms with Gasteiger partial charge < -0.3 is 14.6 Å². The predicted octanol–water partition coefficient (Wildman–Crippen LogP) is 1.34. The quantitative estimate of drug-likeness (QED) is 0.877. The average molecular weight is 251 g/mol. The van der Waals surface area contributed by atoms with Gasteiger partial charge in [-0.1, -0.05) is 6.92 Å². The van der Waals surface area contributed by atoms with E-state index in [9.17, 15) is 4.79 Å². The van der Waals surface area contributed by atoms with E-state index < -0.39 is 0 Å². The van der Waals surface area contributed by atoms with Crippen LogP contribution in [-0.2, 0) is 17.8 Å². The van der Waals surface area contributed by atoms with Gasteiger partial charge in [-0.3, -0.25) is 4.79 Å². The third-order valence-electron chi connectivity index (χ3n) is 3.43. The molecule has 1 fully saturated rings. The summed E-state index contributed by atoms with van der Waals surface area (Å²) in [4.78, 5) is 17.3. The van der Waals surface area contributed by atoms with Crippen molar-refractivity contribution in [3.8, 4) is 0 Å². The molecule has 0 saturated carbocycles. The van der Waals surface area contributed by atoms with Crippen molar-refractivity contribution in [3.63, 3.8) is 0 Å². The summed E-state index contributed by atoms with van der Waals surface area (Å²) in [6.45, 7) is 6.05. The number of carbonyl (C=O) groups excluding carboxylic acids is 1. The third-order valence-corrected chi connectivity index (χ3v) is 3.43. The first-order valence-electron chi connectivity index (χ1n) is 6.61. The fraction of sp³-hybridized carbons (Fsp3) is 0.692. The summed E-state index contributed by atoms with van der Waals surface area (Å²) >= 11 is 0. The molecular formula is C13H21N3O2. The van der Waals surface area contributed by atoms with Gasteiger partial charge in [0.15, 0.2) is 0 Å². The van der Waals surface area contributed by atoms with Crippen LogP contribution in [0.3, 0.4) is 0 Å². The van der Waals surface area contributed by atoms with Gasteiger partial charge in [-0.25, -0.2) is 4.98 Å². The summed E-state index contributed by atoms with van der Waals surface area (Å²) in [5.41, 5.74) is 0. The molecule has 0 aliphatic carbocycles. The number of hydrogen-bond acceptors (Lipinski definition) is 4. The van der Waals surface area contributed by atoms with Crippen molar-refractivity contribution < 1.29 is 9.21 Å². The van der Waals surface area contributed by atoms with Crippen LogP contribution in [0, 0.1) is 0 Å². The number of aryl methyl sites for hydroxylation is 1. The predicted molar refractivity (Wildman–Crippen MR) is 68.0 cm³/mol. The van der Waals surface area contributed by atoms with Gasteiger partial charge in [-0.05, 0) is 12.8 Å². The average Bonchev–Trinajstić information content (AvgIpc) is 2.85. The Kier molecular flexibility index (Phi) is 4.36. The first-order valence-corrected chi connectivity index (χ1v) is 6.61. The van der Waals surface area contributed by atoms with Crippen LogP contribution in [-0.4, -0.2) is 34.9 Å². The van der Waals surface area contributed by atoms with Gasteiger partial charge in [0, 0.05) is 32.5 Å². The van der Waals surface area contributed by atoms with Gasteiger partial charge in [-0.2, -0.15) is 0 Å². The van der Waals surface area contributed by atoms with E-state index in [1.165, 1.54) is 0 Å². The molecule has 1 saturated heterocycles. The Morgan fingerprint density at radius 2 is 2.28 bits per heavy atom. The van der Waals surface area contributed by atoms with Crippen LogP contribution in [0.1, 0.15) is 38.3 Å². The van der Waals surface area contributed by atoms with Gasteiger partial charge in [0.2, 0.25) is 11.8 Å². The zero-order valence-corrected chi connectivity index (χ0v) is 11.1. The summed E-state index contributed by atoms with van der Waals surface area (Å²) in [6, 6.07) is 0.456. The molecule has 2 rings (SSSR count). The smallest absolute Gasteiger partial charge is 0.219 e. The molecule has 2 heterocycles. The highest BCUT2D eigenvalue weighted by atomic mass is 16.4. The van der Waals surface area contributed by atoms with E-state index in [4.69, 9.17) is 4.42 Å². The maximum absolute atomic E-state index is 11.2. The highest BCUT2D eigenvalue weighted by molar-refractivity contribution is 5.73. The number of amides is 1.